The van der Waals surface area contributed by atoms with Gasteiger partial charge in [-0.05, 0) is 18.9 Å². The molecule has 0 spiro atoms. The van der Waals surface area contributed by atoms with Gasteiger partial charge in [-0.3, -0.25) is 4.79 Å². The van der Waals surface area contributed by atoms with Gasteiger partial charge in [-0.15, -0.1) is 0 Å². The number of carbonyl (C=O) groups is 1. The summed E-state index contributed by atoms with van der Waals surface area (Å²) in [6.45, 7) is 3.89. The molecule has 1 atom stereocenters. The number of aryl methyl sites for hydroxylation is 1. The van der Waals surface area contributed by atoms with Crippen LogP contribution in [-0.4, -0.2) is 28.9 Å². The van der Waals surface area contributed by atoms with Crippen molar-refractivity contribution >= 4 is 11.7 Å². The summed E-state index contributed by atoms with van der Waals surface area (Å²) < 4.78 is 7.06. The number of ether oxygens (including phenoxy) is 1. The highest BCUT2D eigenvalue weighted by atomic mass is 16.5. The van der Waals surface area contributed by atoms with Gasteiger partial charge in [0.25, 0.3) is 0 Å². The van der Waals surface area contributed by atoms with Crippen LogP contribution in [0, 0.1) is 12.8 Å². The first-order valence-corrected chi connectivity index (χ1v) is 7.18. The third-order valence-electron chi connectivity index (χ3n) is 3.68. The Morgan fingerprint density at radius 1 is 1.48 bits per heavy atom. The summed E-state index contributed by atoms with van der Waals surface area (Å²) >= 11 is 0. The summed E-state index contributed by atoms with van der Waals surface area (Å²) in [7, 11) is 0. The summed E-state index contributed by atoms with van der Waals surface area (Å²) in [5.41, 5.74) is 2.38. The smallest absolute Gasteiger partial charge is 0.231 e. The van der Waals surface area contributed by atoms with E-state index in [1.165, 1.54) is 11.1 Å². The van der Waals surface area contributed by atoms with E-state index >= 15 is 0 Å². The van der Waals surface area contributed by atoms with Gasteiger partial charge in [0.15, 0.2) is 0 Å². The van der Waals surface area contributed by atoms with Crippen molar-refractivity contribution in [1.29, 1.82) is 0 Å². The molecule has 5 heteroatoms. The zero-order valence-corrected chi connectivity index (χ0v) is 12.1. The number of amides is 1. The number of benzene rings is 1. The summed E-state index contributed by atoms with van der Waals surface area (Å²) in [5, 5.41) is 7.24. The molecule has 110 valence electrons. The molecule has 1 aromatic carbocycles. The van der Waals surface area contributed by atoms with Crippen LogP contribution in [0.4, 0.5) is 5.82 Å². The van der Waals surface area contributed by atoms with Gasteiger partial charge in [-0.1, -0.05) is 29.8 Å². The third-order valence-corrected chi connectivity index (χ3v) is 3.68. The van der Waals surface area contributed by atoms with Crippen molar-refractivity contribution in [2.75, 3.05) is 18.5 Å². The Bertz CT molecular complexity index is 630. The van der Waals surface area contributed by atoms with Gasteiger partial charge >= 0.3 is 0 Å². The number of carbonyl (C=O) groups excluding carboxylic acids is 1. The van der Waals surface area contributed by atoms with Gasteiger partial charge in [0.05, 0.1) is 25.3 Å². The topological polar surface area (TPSA) is 56.2 Å². The van der Waals surface area contributed by atoms with Crippen molar-refractivity contribution in [1.82, 2.24) is 9.78 Å². The molecule has 0 radical (unpaired) electrons. The maximum atomic E-state index is 12.1. The molecule has 5 nitrogen and oxygen atoms in total. The lowest BCUT2D eigenvalue weighted by Crippen LogP contribution is -2.24. The van der Waals surface area contributed by atoms with Crippen LogP contribution in [0.1, 0.15) is 17.5 Å². The van der Waals surface area contributed by atoms with E-state index in [0.717, 1.165) is 12.2 Å². The van der Waals surface area contributed by atoms with E-state index in [2.05, 4.69) is 35.5 Å². The maximum absolute atomic E-state index is 12.1. The fourth-order valence-electron chi connectivity index (χ4n) is 2.52. The fraction of sp³-hybridized carbons (Fsp3) is 0.375. The van der Waals surface area contributed by atoms with Gasteiger partial charge < -0.3 is 10.1 Å². The minimum Gasteiger partial charge on any atom is -0.381 e. The van der Waals surface area contributed by atoms with Gasteiger partial charge in [-0.2, -0.15) is 5.10 Å². The van der Waals surface area contributed by atoms with Crippen LogP contribution in [0.15, 0.2) is 36.5 Å². The molecule has 1 N–H and O–H groups in total. The molecule has 2 heterocycles. The molecule has 21 heavy (non-hydrogen) atoms. The molecule has 1 amide bonds. The van der Waals surface area contributed by atoms with Crippen LogP contribution < -0.4 is 5.32 Å². The predicted molar refractivity (Wildman–Crippen MR) is 80.1 cm³/mol. The molecule has 0 aliphatic carbocycles. The van der Waals surface area contributed by atoms with Crippen LogP contribution >= 0.6 is 0 Å². The number of hydrogen-bond donors (Lipinski definition) is 1. The van der Waals surface area contributed by atoms with Crippen LogP contribution in [0.3, 0.4) is 0 Å². The molecule has 1 saturated heterocycles. The van der Waals surface area contributed by atoms with E-state index in [9.17, 15) is 4.79 Å². The highest BCUT2D eigenvalue weighted by molar-refractivity contribution is 5.92. The van der Waals surface area contributed by atoms with E-state index < -0.39 is 0 Å². The average molecular weight is 285 g/mol. The molecule has 1 aliphatic heterocycles. The van der Waals surface area contributed by atoms with E-state index in [4.69, 9.17) is 4.74 Å². The second-order valence-electron chi connectivity index (χ2n) is 5.41. The summed E-state index contributed by atoms with van der Waals surface area (Å²) in [5.74, 6) is 0.694. The number of hydrogen-bond acceptors (Lipinski definition) is 3. The van der Waals surface area contributed by atoms with Gasteiger partial charge in [0.2, 0.25) is 5.91 Å². The molecule has 0 bridgehead atoms. The third kappa shape index (κ3) is 3.31. The van der Waals surface area contributed by atoms with E-state index in [0.29, 0.717) is 19.8 Å². The van der Waals surface area contributed by atoms with E-state index in [1.54, 1.807) is 6.20 Å². The number of aromatic nitrogens is 2. The first-order valence-electron chi connectivity index (χ1n) is 7.18. The van der Waals surface area contributed by atoms with Crippen molar-refractivity contribution in [2.45, 2.75) is 19.9 Å². The Hall–Kier alpha value is -2.14. The molecular weight excluding hydrogens is 266 g/mol. The van der Waals surface area contributed by atoms with Crippen molar-refractivity contribution in [3.63, 3.8) is 0 Å². The van der Waals surface area contributed by atoms with Crippen LogP contribution in [-0.2, 0) is 16.1 Å². The Morgan fingerprint density at radius 3 is 3.14 bits per heavy atom. The quantitative estimate of drug-likeness (QED) is 0.937. The van der Waals surface area contributed by atoms with E-state index in [-0.39, 0.29) is 11.8 Å². The molecule has 1 unspecified atom stereocenters. The van der Waals surface area contributed by atoms with Crippen LogP contribution in [0.5, 0.6) is 0 Å². The van der Waals surface area contributed by atoms with Crippen LogP contribution in [0.2, 0.25) is 0 Å². The van der Waals surface area contributed by atoms with Gasteiger partial charge in [0, 0.05) is 12.7 Å². The SMILES string of the molecule is Cc1cccc(Cn2nccc2NC(=O)C2CCOC2)c1. The molecule has 1 fully saturated rings. The zero-order chi connectivity index (χ0) is 14.7. The molecule has 0 saturated carbocycles. The highest BCUT2D eigenvalue weighted by Crippen LogP contribution is 2.16. The Balaban J connectivity index is 1.70. The lowest BCUT2D eigenvalue weighted by molar-refractivity contribution is -0.119. The maximum Gasteiger partial charge on any atom is 0.231 e. The second-order valence-corrected chi connectivity index (χ2v) is 5.41. The minimum absolute atomic E-state index is 0.0125. The van der Waals surface area contributed by atoms with Crippen molar-refractivity contribution < 1.29 is 9.53 Å². The van der Waals surface area contributed by atoms with Crippen molar-refractivity contribution in [3.05, 3.63) is 47.7 Å². The summed E-state index contributed by atoms with van der Waals surface area (Å²) in [6, 6.07) is 10.1. The lowest BCUT2D eigenvalue weighted by Gasteiger charge is -2.12. The second kappa shape index (κ2) is 6.10. The predicted octanol–water partition coefficient (Wildman–Crippen LogP) is 2.21. The average Bonchev–Trinajstić information content (AvgIpc) is 3.11. The van der Waals surface area contributed by atoms with E-state index in [1.807, 2.05) is 16.8 Å². The Morgan fingerprint density at radius 2 is 2.38 bits per heavy atom. The highest BCUT2D eigenvalue weighted by Gasteiger charge is 2.24. The zero-order valence-electron chi connectivity index (χ0n) is 12.1. The molecule has 3 rings (SSSR count). The Labute approximate surface area is 123 Å². The summed E-state index contributed by atoms with van der Waals surface area (Å²) in [6.07, 6.45) is 2.49. The monoisotopic (exact) mass is 285 g/mol. The van der Waals surface area contributed by atoms with Gasteiger partial charge in [0.1, 0.15) is 5.82 Å². The number of nitrogens with zero attached hydrogens (tertiary/aromatic N) is 2. The first-order chi connectivity index (χ1) is 10.2. The normalized spacial score (nSPS) is 17.9. The lowest BCUT2D eigenvalue weighted by atomic mass is 10.1. The van der Waals surface area contributed by atoms with Crippen molar-refractivity contribution in [2.24, 2.45) is 5.92 Å². The molecule has 1 aliphatic rings. The largest absolute Gasteiger partial charge is 0.381 e. The molecule has 1 aromatic heterocycles. The van der Waals surface area contributed by atoms with Crippen molar-refractivity contribution in [3.8, 4) is 0 Å². The minimum atomic E-state index is -0.0488. The standard InChI is InChI=1S/C16H19N3O2/c1-12-3-2-4-13(9-12)10-19-15(5-7-17-19)18-16(20)14-6-8-21-11-14/h2-5,7,9,14H,6,8,10-11H2,1H3,(H,18,20). The molecule has 2 aromatic rings. The Kier molecular flexibility index (Phi) is 4.01. The number of anilines is 1. The first kappa shape index (κ1) is 13.8. The van der Waals surface area contributed by atoms with Gasteiger partial charge in [-0.25, -0.2) is 4.68 Å². The molecular formula is C16H19N3O2. The summed E-state index contributed by atoms with van der Waals surface area (Å²) in [4.78, 5) is 12.1. The number of nitrogens with one attached hydrogen (secondary N) is 1. The van der Waals surface area contributed by atoms with Crippen LogP contribution in [0.25, 0.3) is 0 Å². The fourth-order valence-corrected chi connectivity index (χ4v) is 2.52. The number of rotatable bonds is 4.